The van der Waals surface area contributed by atoms with E-state index in [2.05, 4.69) is 47.6 Å². The first kappa shape index (κ1) is 12.4. The fraction of sp³-hybridized carbons (Fsp3) is 0.692. The van der Waals surface area contributed by atoms with Crippen molar-refractivity contribution in [3.63, 3.8) is 0 Å². The average molecular weight is 356 g/mol. The fourth-order valence-electron chi connectivity index (χ4n) is 1.93. The molecule has 0 nitrogen and oxygen atoms in total. The Bertz CT molecular complexity index is 275. The molecule has 1 heteroatoms. The number of allylic oxidation sites excluding steroid dienone is 4. The van der Waals surface area contributed by atoms with Crippen molar-refractivity contribution in [1.82, 2.24) is 0 Å². The van der Waals surface area contributed by atoms with Crippen LogP contribution in [0.3, 0.4) is 0 Å². The molecule has 0 amide bonds. The first-order valence-corrected chi connectivity index (χ1v) is 7.10. The summed E-state index contributed by atoms with van der Waals surface area (Å²) in [5.74, 6) is 0. The van der Waals surface area contributed by atoms with Gasteiger partial charge >= 0.3 is 104 Å². The zero-order chi connectivity index (χ0) is 11.1. The van der Waals surface area contributed by atoms with Crippen molar-refractivity contribution < 1.29 is 24.4 Å². The SMILES string of the molecule is CC(C)(C)C1=CCC(C(C)(C)C)=[C]1[Hf]. The van der Waals surface area contributed by atoms with Crippen molar-refractivity contribution in [2.24, 2.45) is 10.8 Å². The van der Waals surface area contributed by atoms with Gasteiger partial charge in [-0.05, 0) is 0 Å². The van der Waals surface area contributed by atoms with Crippen molar-refractivity contribution in [3.05, 3.63) is 20.6 Å². The maximum absolute atomic E-state index is 2.45. The van der Waals surface area contributed by atoms with Crippen LogP contribution in [0, 0.1) is 10.8 Å². The van der Waals surface area contributed by atoms with Gasteiger partial charge in [0.2, 0.25) is 0 Å². The predicted octanol–water partition coefficient (Wildman–Crippen LogP) is 4.21. The molecule has 0 saturated carbocycles. The molecule has 1 aliphatic carbocycles. The molecule has 0 spiro atoms. The molecule has 0 unspecified atom stereocenters. The topological polar surface area (TPSA) is 0 Å². The normalized spacial score (nSPS) is 18.8. The summed E-state index contributed by atoms with van der Waals surface area (Å²) < 4.78 is 1.67. The third-order valence-electron chi connectivity index (χ3n) is 2.79. The number of rotatable bonds is 0. The van der Waals surface area contributed by atoms with Crippen molar-refractivity contribution in [2.75, 3.05) is 0 Å². The van der Waals surface area contributed by atoms with Crippen LogP contribution < -0.4 is 0 Å². The predicted molar refractivity (Wildman–Crippen MR) is 58.6 cm³/mol. The number of hydrogen-bond donors (Lipinski definition) is 0. The summed E-state index contributed by atoms with van der Waals surface area (Å²) in [5, 5.41) is 0. The van der Waals surface area contributed by atoms with E-state index in [9.17, 15) is 0 Å². The van der Waals surface area contributed by atoms with Gasteiger partial charge in [-0.2, -0.15) is 0 Å². The van der Waals surface area contributed by atoms with E-state index in [0.717, 1.165) is 0 Å². The summed E-state index contributed by atoms with van der Waals surface area (Å²) >= 11 is 1.19. The first-order chi connectivity index (χ1) is 6.14. The van der Waals surface area contributed by atoms with Crippen LogP contribution in [0.4, 0.5) is 0 Å². The van der Waals surface area contributed by atoms with Gasteiger partial charge in [0.15, 0.2) is 0 Å². The second kappa shape index (κ2) is 3.73. The van der Waals surface area contributed by atoms with Crippen LogP contribution in [-0.2, 0) is 24.4 Å². The Morgan fingerprint density at radius 3 is 1.71 bits per heavy atom. The van der Waals surface area contributed by atoms with Crippen LogP contribution >= 0.6 is 0 Å². The zero-order valence-electron chi connectivity index (χ0n) is 10.3. The second-order valence-corrected chi connectivity index (χ2v) is 7.97. The van der Waals surface area contributed by atoms with Gasteiger partial charge in [0.25, 0.3) is 0 Å². The third kappa shape index (κ3) is 2.48. The molecule has 0 aliphatic heterocycles. The van der Waals surface area contributed by atoms with Gasteiger partial charge in [0, 0.05) is 0 Å². The minimum atomic E-state index is 0.337. The third-order valence-corrected chi connectivity index (χ3v) is 4.85. The number of hydrogen-bond acceptors (Lipinski definition) is 0. The van der Waals surface area contributed by atoms with Gasteiger partial charge in [0.1, 0.15) is 0 Å². The maximum atomic E-state index is 2.45. The van der Waals surface area contributed by atoms with Crippen LogP contribution in [0.2, 0.25) is 0 Å². The quantitative estimate of drug-likeness (QED) is 0.571. The van der Waals surface area contributed by atoms with Crippen LogP contribution in [0.1, 0.15) is 48.0 Å². The Morgan fingerprint density at radius 2 is 1.50 bits per heavy atom. The molecule has 1 rings (SSSR count). The van der Waals surface area contributed by atoms with Gasteiger partial charge in [-0.3, -0.25) is 0 Å². The van der Waals surface area contributed by atoms with Crippen LogP contribution in [0.15, 0.2) is 20.6 Å². The molecule has 0 radical (unpaired) electrons. The van der Waals surface area contributed by atoms with E-state index in [1.165, 1.54) is 30.8 Å². The molecule has 0 fully saturated rings. The Balaban J connectivity index is 3.05. The van der Waals surface area contributed by atoms with E-state index < -0.39 is 0 Å². The molecule has 0 aromatic heterocycles. The zero-order valence-corrected chi connectivity index (χ0v) is 13.9. The molecule has 1 aliphatic rings. The fourth-order valence-corrected chi connectivity index (χ4v) is 5.36. The summed E-state index contributed by atoms with van der Waals surface area (Å²) in [7, 11) is 0. The van der Waals surface area contributed by atoms with E-state index in [4.69, 9.17) is 0 Å². The van der Waals surface area contributed by atoms with E-state index >= 15 is 0 Å². The summed E-state index contributed by atoms with van der Waals surface area (Å²) in [6.07, 6.45) is 3.64. The van der Waals surface area contributed by atoms with Crippen LogP contribution in [-0.4, -0.2) is 0 Å². The molecule has 0 saturated heterocycles. The molecule has 0 atom stereocenters. The van der Waals surface area contributed by atoms with E-state index in [-0.39, 0.29) is 0 Å². The molecule has 14 heavy (non-hydrogen) atoms. The molecule has 0 heterocycles. The molecule has 0 aromatic rings. The Kier molecular flexibility index (Phi) is 3.31. The van der Waals surface area contributed by atoms with E-state index in [0.29, 0.717) is 10.8 Å². The van der Waals surface area contributed by atoms with Crippen molar-refractivity contribution in [3.8, 4) is 0 Å². The Labute approximate surface area is 103 Å². The first-order valence-electron chi connectivity index (χ1n) is 5.30. The van der Waals surface area contributed by atoms with Gasteiger partial charge in [-0.15, -0.1) is 0 Å². The summed E-state index contributed by atoms with van der Waals surface area (Å²) in [6, 6.07) is 0. The van der Waals surface area contributed by atoms with Gasteiger partial charge in [0.05, 0.1) is 0 Å². The van der Waals surface area contributed by atoms with Crippen molar-refractivity contribution in [1.29, 1.82) is 0 Å². The summed E-state index contributed by atoms with van der Waals surface area (Å²) in [6.45, 7) is 14.0. The van der Waals surface area contributed by atoms with E-state index in [1.807, 2.05) is 0 Å². The van der Waals surface area contributed by atoms with Gasteiger partial charge in [-0.25, -0.2) is 0 Å². The standard InChI is InChI=1S/C13H21.Hf/c1-12(2,3)10-7-8-11(9-10)13(4,5)6;/h7H,8H2,1-6H3;. The van der Waals surface area contributed by atoms with Crippen molar-refractivity contribution >= 4 is 0 Å². The average Bonchev–Trinajstić information content (AvgIpc) is 2.26. The molecule has 77 valence electrons. The van der Waals surface area contributed by atoms with Crippen molar-refractivity contribution in [2.45, 2.75) is 48.0 Å². The summed E-state index contributed by atoms with van der Waals surface area (Å²) in [5.41, 5.74) is 3.98. The van der Waals surface area contributed by atoms with Gasteiger partial charge in [-0.1, -0.05) is 0 Å². The Hall–Kier alpha value is 0.350. The van der Waals surface area contributed by atoms with Crippen LogP contribution in [0.25, 0.3) is 0 Å². The molecule has 0 bridgehead atoms. The summed E-state index contributed by atoms with van der Waals surface area (Å²) in [4.78, 5) is 0. The van der Waals surface area contributed by atoms with E-state index in [1.54, 1.807) is 14.5 Å². The van der Waals surface area contributed by atoms with Crippen LogP contribution in [0.5, 0.6) is 0 Å². The van der Waals surface area contributed by atoms with Gasteiger partial charge < -0.3 is 0 Å². The molecule has 0 aromatic carbocycles. The molecular formula is C13H21Hf. The second-order valence-electron chi connectivity index (χ2n) is 6.18. The minimum absolute atomic E-state index is 0.337. The Morgan fingerprint density at radius 1 is 1.00 bits per heavy atom. The molecular weight excluding hydrogens is 335 g/mol. The monoisotopic (exact) mass is 357 g/mol. The molecule has 0 N–H and O–H groups in total.